The molecule has 31 heavy (non-hydrogen) atoms. The zero-order chi connectivity index (χ0) is 22.7. The van der Waals surface area contributed by atoms with Gasteiger partial charge in [-0.15, -0.1) is 0 Å². The maximum atomic E-state index is 14.0. The molecule has 0 aliphatic carbocycles. The van der Waals surface area contributed by atoms with Crippen LogP contribution in [0.1, 0.15) is 43.5 Å². The molecule has 1 aliphatic heterocycles. The van der Waals surface area contributed by atoms with E-state index in [0.717, 1.165) is 11.3 Å². The van der Waals surface area contributed by atoms with E-state index in [9.17, 15) is 13.2 Å². The molecule has 0 bridgehead atoms. The zero-order valence-electron chi connectivity index (χ0n) is 17.8. The molecule has 1 aromatic carbocycles. The number of nitriles is 1. The Hall–Kier alpha value is -2.47. The molecule has 0 amide bonds. The average molecular weight is 432 g/mol. The molecule has 0 saturated carbocycles. The van der Waals surface area contributed by atoms with Crippen molar-refractivity contribution in [1.29, 1.82) is 5.26 Å². The number of hydrogen-bond acceptors (Lipinski definition) is 5. The lowest BCUT2D eigenvalue weighted by Crippen LogP contribution is -2.58. The van der Waals surface area contributed by atoms with Gasteiger partial charge in [0.05, 0.1) is 22.9 Å². The van der Waals surface area contributed by atoms with Gasteiger partial charge in [-0.2, -0.15) is 18.4 Å². The number of aromatic nitrogens is 1. The number of rotatable bonds is 7. The molecule has 1 aliphatic rings. The van der Waals surface area contributed by atoms with Crippen molar-refractivity contribution in [1.82, 2.24) is 15.3 Å². The predicted molar refractivity (Wildman–Crippen MR) is 113 cm³/mol. The van der Waals surface area contributed by atoms with Gasteiger partial charge in [0.15, 0.2) is 0 Å². The van der Waals surface area contributed by atoms with E-state index in [1.54, 1.807) is 30.5 Å². The van der Waals surface area contributed by atoms with Crippen LogP contribution in [-0.4, -0.2) is 35.2 Å². The van der Waals surface area contributed by atoms with Crippen molar-refractivity contribution in [2.75, 3.05) is 13.1 Å². The van der Waals surface area contributed by atoms with Crippen LogP contribution in [0.2, 0.25) is 0 Å². The minimum atomic E-state index is -4.47. The van der Waals surface area contributed by atoms with Gasteiger partial charge in [0.25, 0.3) is 0 Å². The van der Waals surface area contributed by atoms with E-state index in [1.165, 1.54) is 0 Å². The Labute approximate surface area is 181 Å². The van der Waals surface area contributed by atoms with Gasteiger partial charge >= 0.3 is 6.18 Å². The number of nitrogens with two attached hydrogens (primary N) is 1. The van der Waals surface area contributed by atoms with Gasteiger partial charge in [0.1, 0.15) is 6.04 Å². The van der Waals surface area contributed by atoms with Gasteiger partial charge in [-0.1, -0.05) is 18.2 Å². The summed E-state index contributed by atoms with van der Waals surface area (Å²) in [5.41, 5.74) is 2.74. The minimum absolute atomic E-state index is 0.251. The Bertz CT molecular complexity index is 906. The SMILES string of the molecule is CC(C)(c1ccccn1)N1CC[C@@](CCc2ccc(C#N)cc2)(C(NN)C(F)(F)F)C1. The highest BCUT2D eigenvalue weighted by molar-refractivity contribution is 5.31. The molecule has 2 aromatic rings. The molecule has 0 radical (unpaired) electrons. The zero-order valence-corrected chi connectivity index (χ0v) is 17.8. The molecule has 1 fully saturated rings. The summed E-state index contributed by atoms with van der Waals surface area (Å²) in [6.45, 7) is 4.75. The van der Waals surface area contributed by atoms with Crippen molar-refractivity contribution in [2.24, 2.45) is 11.3 Å². The quantitative estimate of drug-likeness (QED) is 0.513. The van der Waals surface area contributed by atoms with Gasteiger partial charge in [-0.3, -0.25) is 15.7 Å². The van der Waals surface area contributed by atoms with Crippen molar-refractivity contribution < 1.29 is 13.2 Å². The van der Waals surface area contributed by atoms with Crippen LogP contribution in [0.4, 0.5) is 13.2 Å². The van der Waals surface area contributed by atoms with Crippen LogP contribution >= 0.6 is 0 Å². The largest absolute Gasteiger partial charge is 0.405 e. The number of hydrogen-bond donors (Lipinski definition) is 2. The molecule has 2 atom stereocenters. The van der Waals surface area contributed by atoms with Crippen LogP contribution in [0.5, 0.6) is 0 Å². The lowest BCUT2D eigenvalue weighted by atomic mass is 9.74. The van der Waals surface area contributed by atoms with Crippen LogP contribution in [-0.2, 0) is 12.0 Å². The smallest absolute Gasteiger partial charge is 0.292 e. The summed E-state index contributed by atoms with van der Waals surface area (Å²) in [6.07, 6.45) is -1.61. The first kappa shape index (κ1) is 23.2. The molecule has 5 nitrogen and oxygen atoms in total. The molecular formula is C23H28F3N5. The van der Waals surface area contributed by atoms with Gasteiger partial charge in [0, 0.05) is 18.2 Å². The van der Waals surface area contributed by atoms with E-state index in [-0.39, 0.29) is 6.54 Å². The number of aryl methyl sites for hydroxylation is 1. The number of alkyl halides is 3. The van der Waals surface area contributed by atoms with Gasteiger partial charge in [-0.05, 0) is 69.5 Å². The van der Waals surface area contributed by atoms with E-state index in [1.807, 2.05) is 32.0 Å². The van der Waals surface area contributed by atoms with Gasteiger partial charge in [0.2, 0.25) is 0 Å². The molecule has 0 spiro atoms. The maximum absolute atomic E-state index is 14.0. The number of halogens is 3. The number of likely N-dealkylation sites (tertiary alicyclic amines) is 1. The Morgan fingerprint density at radius 3 is 2.48 bits per heavy atom. The molecule has 1 aromatic heterocycles. The Morgan fingerprint density at radius 1 is 1.23 bits per heavy atom. The number of hydrazine groups is 1. The highest BCUT2D eigenvalue weighted by Gasteiger charge is 2.56. The summed E-state index contributed by atoms with van der Waals surface area (Å²) in [5.74, 6) is 5.46. The standard InChI is InChI=1S/C23H28F3N5/c1-21(2,19-5-3-4-13-29-19)31-14-12-22(16-31,20(30-28)23(24,25)26)11-10-17-6-8-18(15-27)9-7-17/h3-9,13,20,30H,10-12,14,16,28H2,1-2H3/t20?,22-/m1/s1. The molecular weight excluding hydrogens is 403 g/mol. The number of nitrogens with one attached hydrogen (secondary N) is 1. The summed E-state index contributed by atoms with van der Waals surface area (Å²) >= 11 is 0. The second-order valence-electron chi connectivity index (χ2n) is 8.76. The molecule has 166 valence electrons. The molecule has 3 N–H and O–H groups in total. The second-order valence-corrected chi connectivity index (χ2v) is 8.76. The minimum Gasteiger partial charge on any atom is -0.292 e. The first-order valence-electron chi connectivity index (χ1n) is 10.3. The van der Waals surface area contributed by atoms with Crippen molar-refractivity contribution >= 4 is 0 Å². The molecule has 8 heteroatoms. The number of pyridine rings is 1. The first-order valence-corrected chi connectivity index (χ1v) is 10.3. The van der Waals surface area contributed by atoms with Crippen molar-refractivity contribution in [3.63, 3.8) is 0 Å². The molecule has 1 saturated heterocycles. The summed E-state index contributed by atoms with van der Waals surface area (Å²) in [6, 6.07) is 12.8. The number of nitrogens with zero attached hydrogens (tertiary/aromatic N) is 3. The third-order valence-electron chi connectivity index (χ3n) is 6.57. The monoisotopic (exact) mass is 431 g/mol. The summed E-state index contributed by atoms with van der Waals surface area (Å²) in [4.78, 5) is 6.51. The molecule has 3 rings (SSSR count). The van der Waals surface area contributed by atoms with E-state index < -0.39 is 23.2 Å². The second kappa shape index (κ2) is 8.95. The first-order chi connectivity index (χ1) is 14.6. The van der Waals surface area contributed by atoms with Crippen molar-refractivity contribution in [2.45, 2.75) is 50.9 Å². The highest BCUT2D eigenvalue weighted by Crippen LogP contribution is 2.47. The van der Waals surface area contributed by atoms with Crippen LogP contribution in [0, 0.1) is 16.7 Å². The van der Waals surface area contributed by atoms with Crippen LogP contribution in [0.15, 0.2) is 48.7 Å². The Balaban J connectivity index is 1.87. The van der Waals surface area contributed by atoms with Crippen molar-refractivity contribution in [3.05, 3.63) is 65.5 Å². The normalized spacial score (nSPS) is 21.1. The fraction of sp³-hybridized carbons (Fsp3) is 0.478. The average Bonchev–Trinajstić information content (AvgIpc) is 3.18. The van der Waals surface area contributed by atoms with Gasteiger partial charge in [-0.25, -0.2) is 5.43 Å². The van der Waals surface area contributed by atoms with E-state index in [2.05, 4.69) is 21.4 Å². The highest BCUT2D eigenvalue weighted by atomic mass is 19.4. The Morgan fingerprint density at radius 2 is 1.94 bits per heavy atom. The molecule has 2 heterocycles. The van der Waals surface area contributed by atoms with E-state index in [4.69, 9.17) is 11.1 Å². The maximum Gasteiger partial charge on any atom is 0.405 e. The Kier molecular flexibility index (Phi) is 6.70. The topological polar surface area (TPSA) is 78.0 Å². The third kappa shape index (κ3) is 4.90. The van der Waals surface area contributed by atoms with Crippen molar-refractivity contribution in [3.8, 4) is 6.07 Å². The summed E-state index contributed by atoms with van der Waals surface area (Å²) < 4.78 is 41.9. The lowest BCUT2D eigenvalue weighted by molar-refractivity contribution is -0.184. The van der Waals surface area contributed by atoms with E-state index in [0.29, 0.717) is 31.4 Å². The molecule has 1 unspecified atom stereocenters. The predicted octanol–water partition coefficient (Wildman–Crippen LogP) is 3.91. The third-order valence-corrected chi connectivity index (χ3v) is 6.57. The fourth-order valence-electron chi connectivity index (χ4n) is 4.60. The summed E-state index contributed by atoms with van der Waals surface area (Å²) in [5, 5.41) is 8.96. The summed E-state index contributed by atoms with van der Waals surface area (Å²) in [7, 11) is 0. The van der Waals surface area contributed by atoms with Gasteiger partial charge < -0.3 is 0 Å². The lowest BCUT2D eigenvalue weighted by Gasteiger charge is -2.41. The van der Waals surface area contributed by atoms with Crippen LogP contribution in [0.3, 0.4) is 0 Å². The van der Waals surface area contributed by atoms with Crippen LogP contribution in [0.25, 0.3) is 0 Å². The van der Waals surface area contributed by atoms with E-state index >= 15 is 0 Å². The number of benzene rings is 1. The van der Waals surface area contributed by atoms with Crippen LogP contribution < -0.4 is 11.3 Å². The fourth-order valence-corrected chi connectivity index (χ4v) is 4.60.